The predicted molar refractivity (Wildman–Crippen MR) is 233 cm³/mol. The number of nitrogens with one attached hydrogen (secondary N) is 4. The van der Waals surface area contributed by atoms with Gasteiger partial charge in [-0.15, -0.1) is 0 Å². The van der Waals surface area contributed by atoms with E-state index in [0.717, 1.165) is 75.7 Å². The zero-order chi connectivity index (χ0) is 42.6. The van der Waals surface area contributed by atoms with Gasteiger partial charge in [-0.05, 0) is 94.0 Å². The summed E-state index contributed by atoms with van der Waals surface area (Å²) in [4.78, 5) is 67.1. The van der Waals surface area contributed by atoms with E-state index in [4.69, 9.17) is 14.5 Å². The van der Waals surface area contributed by atoms with E-state index in [1.165, 1.54) is 14.2 Å². The summed E-state index contributed by atoms with van der Waals surface area (Å²) in [5.74, 6) is 0.313. The first-order valence-electron chi connectivity index (χ1n) is 20.8. The number of ether oxygens (including phenoxy) is 2. The number of fused-ring (bicyclic) bond motifs is 1. The molecule has 0 unspecified atom stereocenters. The number of rotatable bonds is 11. The molecule has 2 fully saturated rings. The molecule has 0 aliphatic carbocycles. The van der Waals surface area contributed by atoms with Crippen molar-refractivity contribution in [3.63, 3.8) is 0 Å². The molecule has 2 saturated heterocycles. The number of benzene rings is 4. The lowest BCUT2D eigenvalue weighted by atomic mass is 9.97. The number of likely N-dealkylation sites (tertiary alicyclic amines) is 2. The van der Waals surface area contributed by atoms with E-state index in [-0.39, 0.29) is 29.8 Å². The van der Waals surface area contributed by atoms with Gasteiger partial charge in [-0.3, -0.25) is 9.59 Å². The van der Waals surface area contributed by atoms with Crippen LogP contribution in [-0.2, 0) is 19.1 Å². The summed E-state index contributed by atoms with van der Waals surface area (Å²) in [5, 5.41) is 7.68. The van der Waals surface area contributed by atoms with Gasteiger partial charge < -0.3 is 39.9 Å². The van der Waals surface area contributed by atoms with Crippen molar-refractivity contribution in [1.29, 1.82) is 0 Å². The second-order valence-corrected chi connectivity index (χ2v) is 16.1. The minimum Gasteiger partial charge on any atom is -0.453 e. The van der Waals surface area contributed by atoms with Crippen LogP contribution >= 0.6 is 0 Å². The minimum atomic E-state index is -0.877. The third-order valence-electron chi connectivity index (χ3n) is 12.0. The molecular weight excluding hydrogens is 771 g/mol. The van der Waals surface area contributed by atoms with Crippen LogP contribution in [0.25, 0.3) is 44.3 Å². The van der Waals surface area contributed by atoms with Gasteiger partial charge in [-0.1, -0.05) is 92.7 Å². The van der Waals surface area contributed by atoms with Gasteiger partial charge in [0.2, 0.25) is 5.91 Å². The normalized spacial score (nSPS) is 17.3. The van der Waals surface area contributed by atoms with Crippen molar-refractivity contribution in [1.82, 2.24) is 35.4 Å². The Bertz CT molecular complexity index is 2530. The van der Waals surface area contributed by atoms with Crippen molar-refractivity contribution in [2.45, 2.75) is 63.7 Å². The first-order chi connectivity index (χ1) is 29.6. The minimum absolute atomic E-state index is 0.0876. The van der Waals surface area contributed by atoms with Crippen LogP contribution in [0.15, 0.2) is 109 Å². The fourth-order valence-electron chi connectivity index (χ4n) is 8.69. The molecule has 6 aromatic rings. The molecule has 4 amide bonds. The Kier molecular flexibility index (Phi) is 11.9. The molecule has 4 aromatic carbocycles. The molecule has 4 heterocycles. The third kappa shape index (κ3) is 8.59. The van der Waals surface area contributed by atoms with Crippen molar-refractivity contribution >= 4 is 34.8 Å². The topological polar surface area (TPSA) is 162 Å². The summed E-state index contributed by atoms with van der Waals surface area (Å²) in [7, 11) is 2.59. The van der Waals surface area contributed by atoms with Crippen LogP contribution < -0.4 is 10.6 Å². The summed E-state index contributed by atoms with van der Waals surface area (Å²) >= 11 is 0. The molecule has 0 bridgehead atoms. The third-order valence-corrected chi connectivity index (χ3v) is 12.0. The molecule has 0 radical (unpaired) electrons. The Balaban J connectivity index is 0.942. The number of aromatic amines is 2. The number of nitrogens with zero attached hydrogens (tertiary/aromatic N) is 3. The Labute approximate surface area is 354 Å². The maximum Gasteiger partial charge on any atom is 0.407 e. The number of imidazole rings is 1. The van der Waals surface area contributed by atoms with Crippen LogP contribution in [0.4, 0.5) is 9.59 Å². The molecule has 13 heteroatoms. The summed E-state index contributed by atoms with van der Waals surface area (Å²) < 4.78 is 9.62. The highest BCUT2D eigenvalue weighted by atomic mass is 16.5. The number of amides is 4. The van der Waals surface area contributed by atoms with Gasteiger partial charge in [0.25, 0.3) is 5.91 Å². The summed E-state index contributed by atoms with van der Waals surface area (Å²) in [6.07, 6.45) is 5.84. The second kappa shape index (κ2) is 17.8. The van der Waals surface area contributed by atoms with Gasteiger partial charge in [-0.2, -0.15) is 0 Å². The van der Waals surface area contributed by atoms with Crippen LogP contribution in [0, 0.1) is 5.92 Å². The van der Waals surface area contributed by atoms with Gasteiger partial charge in [0, 0.05) is 25.0 Å². The van der Waals surface area contributed by atoms with Gasteiger partial charge in [0.15, 0.2) is 0 Å². The van der Waals surface area contributed by atoms with E-state index in [2.05, 4.69) is 87.3 Å². The molecule has 61 heavy (non-hydrogen) atoms. The molecule has 13 nitrogen and oxygen atoms in total. The monoisotopic (exact) mass is 821 g/mol. The molecule has 2 aliphatic rings. The highest BCUT2D eigenvalue weighted by Crippen LogP contribution is 2.37. The lowest BCUT2D eigenvalue weighted by molar-refractivity contribution is -0.135. The van der Waals surface area contributed by atoms with Gasteiger partial charge in [-0.25, -0.2) is 14.6 Å². The van der Waals surface area contributed by atoms with Gasteiger partial charge >= 0.3 is 12.2 Å². The number of methoxy groups -OCH3 is 2. The molecule has 0 spiro atoms. The quantitative estimate of drug-likeness (QED) is 0.102. The van der Waals surface area contributed by atoms with E-state index in [9.17, 15) is 19.2 Å². The van der Waals surface area contributed by atoms with Crippen molar-refractivity contribution in [2.75, 3.05) is 27.3 Å². The molecule has 2 aromatic heterocycles. The van der Waals surface area contributed by atoms with Crippen LogP contribution in [0.1, 0.15) is 74.7 Å². The highest BCUT2D eigenvalue weighted by Gasteiger charge is 2.38. The maximum atomic E-state index is 13.9. The lowest BCUT2D eigenvalue weighted by Gasteiger charge is -2.30. The fraction of sp³-hybridized carbons (Fsp3) is 0.312. The molecule has 8 rings (SSSR count). The first-order valence-corrected chi connectivity index (χ1v) is 20.8. The Hall–Kier alpha value is -6.89. The number of aromatic nitrogens is 3. The number of carbonyl (C=O) groups excluding carboxylic acids is 4. The van der Waals surface area contributed by atoms with E-state index in [1.54, 1.807) is 4.90 Å². The van der Waals surface area contributed by atoms with Crippen molar-refractivity contribution < 1.29 is 28.7 Å². The molecule has 314 valence electrons. The number of H-pyrrole nitrogens is 2. The molecule has 4 N–H and O–H groups in total. The van der Waals surface area contributed by atoms with E-state index < -0.39 is 24.3 Å². The summed E-state index contributed by atoms with van der Waals surface area (Å²) in [6, 6.07) is 30.7. The number of carbonyl (C=O) groups is 4. The van der Waals surface area contributed by atoms with Gasteiger partial charge in [0.1, 0.15) is 17.9 Å². The Morgan fingerprint density at radius 3 is 1.93 bits per heavy atom. The largest absolute Gasteiger partial charge is 0.453 e. The summed E-state index contributed by atoms with van der Waals surface area (Å²) in [5.41, 5.74) is 7.80. The number of hydrogen-bond acceptors (Lipinski definition) is 7. The highest BCUT2D eigenvalue weighted by molar-refractivity contribution is 5.91. The summed E-state index contributed by atoms with van der Waals surface area (Å²) in [6.45, 7) is 5.03. The standard InChI is InChI=1S/C48H51N7O6/c1-29(2)42(52-47(58)60-3)45(56)54-22-8-12-40(54)38-26-37(27-49-38)36-21-20-34-24-33(18-19-35(34)25-36)30-14-16-31(17-15-30)39-28-50-44(51-39)41-13-9-23-55(41)46(57)43(53-48(59)61-4)32-10-6-5-7-11-32/h5-7,10-11,14-21,24-29,40-43,49H,8-9,12-13,22-23H2,1-4H3,(H,50,51)(H,52,58)(H,53,59)/t40-,41-,42-,43-/m0/s1. The Morgan fingerprint density at radius 1 is 0.689 bits per heavy atom. The lowest BCUT2D eigenvalue weighted by Crippen LogP contribution is -2.51. The average molecular weight is 822 g/mol. The van der Waals surface area contributed by atoms with E-state index >= 15 is 0 Å². The van der Waals surface area contributed by atoms with Gasteiger partial charge in [0.05, 0.1) is 38.2 Å². The smallest absolute Gasteiger partial charge is 0.407 e. The van der Waals surface area contributed by atoms with Crippen LogP contribution in [0.2, 0.25) is 0 Å². The fourth-order valence-corrected chi connectivity index (χ4v) is 8.69. The first kappa shape index (κ1) is 40.9. The maximum absolute atomic E-state index is 13.9. The zero-order valence-electron chi connectivity index (χ0n) is 34.8. The average Bonchev–Trinajstić information content (AvgIpc) is 4.14. The Morgan fingerprint density at radius 2 is 1.28 bits per heavy atom. The van der Waals surface area contributed by atoms with E-state index in [0.29, 0.717) is 24.5 Å². The molecule has 4 atom stereocenters. The number of hydrogen-bond donors (Lipinski definition) is 4. The molecule has 0 saturated carbocycles. The van der Waals surface area contributed by atoms with Crippen LogP contribution in [0.3, 0.4) is 0 Å². The predicted octanol–water partition coefficient (Wildman–Crippen LogP) is 8.70. The van der Waals surface area contributed by atoms with Crippen molar-refractivity contribution in [2.24, 2.45) is 5.92 Å². The van der Waals surface area contributed by atoms with Crippen LogP contribution in [0.5, 0.6) is 0 Å². The van der Waals surface area contributed by atoms with E-state index in [1.807, 2.05) is 61.5 Å². The SMILES string of the molecule is COC(=O)N[C@H](C(=O)N1CCC[C@H]1c1ncc(-c2ccc(-c3ccc4cc(-c5c[nH]c([C@@H]6CCCN6C(=O)[C@@H](NC(=O)OC)C(C)C)c5)ccc4c3)cc2)[nH]1)c1ccccc1. The molecular formula is C48H51N7O6. The number of alkyl carbamates (subject to hydrolysis) is 2. The molecule has 2 aliphatic heterocycles. The zero-order valence-corrected chi connectivity index (χ0v) is 34.8. The van der Waals surface area contributed by atoms with Crippen molar-refractivity contribution in [3.8, 4) is 33.5 Å². The second-order valence-electron chi connectivity index (χ2n) is 16.1. The van der Waals surface area contributed by atoms with Crippen LogP contribution in [-0.4, -0.2) is 82.1 Å². The van der Waals surface area contributed by atoms with Crippen molar-refractivity contribution in [3.05, 3.63) is 127 Å².